The molecule has 3 aliphatic rings. The summed E-state index contributed by atoms with van der Waals surface area (Å²) >= 11 is 0. The molecule has 27 heavy (non-hydrogen) atoms. The Kier molecular flexibility index (Phi) is 5.41. The van der Waals surface area contributed by atoms with Gasteiger partial charge in [0.05, 0.1) is 11.7 Å². The molecular formula is C21H30N4O2. The smallest absolute Gasteiger partial charge is 0.223 e. The summed E-state index contributed by atoms with van der Waals surface area (Å²) in [5, 5.41) is 0. The van der Waals surface area contributed by atoms with Crippen LogP contribution in [0.25, 0.3) is 0 Å². The Bertz CT molecular complexity index is 714. The van der Waals surface area contributed by atoms with Gasteiger partial charge < -0.3 is 9.80 Å². The maximum atomic E-state index is 12.8. The molecule has 0 N–H and O–H groups in total. The second-order valence-electron chi connectivity index (χ2n) is 8.33. The van der Waals surface area contributed by atoms with Gasteiger partial charge in [-0.2, -0.15) is 0 Å². The maximum absolute atomic E-state index is 12.8. The summed E-state index contributed by atoms with van der Waals surface area (Å²) in [4.78, 5) is 37.7. The molecule has 1 aromatic rings. The normalized spacial score (nSPS) is 22.9. The van der Waals surface area contributed by atoms with Crippen LogP contribution in [0.2, 0.25) is 0 Å². The summed E-state index contributed by atoms with van der Waals surface area (Å²) in [5.41, 5.74) is 2.08. The quantitative estimate of drug-likeness (QED) is 0.817. The third-order valence-corrected chi connectivity index (χ3v) is 6.51. The monoisotopic (exact) mass is 370 g/mol. The molecule has 1 aromatic heterocycles. The molecule has 2 fully saturated rings. The number of amides is 2. The van der Waals surface area contributed by atoms with Gasteiger partial charge in [-0.15, -0.1) is 0 Å². The van der Waals surface area contributed by atoms with Crippen LogP contribution in [-0.2, 0) is 22.6 Å². The van der Waals surface area contributed by atoms with Gasteiger partial charge >= 0.3 is 0 Å². The Labute approximate surface area is 161 Å². The largest absolute Gasteiger partial charge is 0.338 e. The Morgan fingerprint density at radius 3 is 2.74 bits per heavy atom. The highest BCUT2D eigenvalue weighted by Gasteiger charge is 2.33. The van der Waals surface area contributed by atoms with E-state index in [1.165, 1.54) is 25.7 Å². The van der Waals surface area contributed by atoms with Crippen molar-refractivity contribution in [3.05, 3.63) is 23.3 Å². The van der Waals surface area contributed by atoms with Gasteiger partial charge in [-0.3, -0.25) is 9.59 Å². The van der Waals surface area contributed by atoms with E-state index in [0.29, 0.717) is 19.5 Å². The van der Waals surface area contributed by atoms with Crippen LogP contribution in [0.3, 0.4) is 0 Å². The average Bonchev–Trinajstić information content (AvgIpc) is 3.37. The summed E-state index contributed by atoms with van der Waals surface area (Å²) in [7, 11) is 0. The molecule has 0 spiro atoms. The molecule has 1 saturated heterocycles. The van der Waals surface area contributed by atoms with Crippen molar-refractivity contribution in [2.45, 2.75) is 77.3 Å². The molecule has 6 heteroatoms. The topological polar surface area (TPSA) is 66.4 Å². The average molecular weight is 370 g/mol. The van der Waals surface area contributed by atoms with Gasteiger partial charge in [-0.05, 0) is 25.2 Å². The van der Waals surface area contributed by atoms with E-state index >= 15 is 0 Å². The maximum Gasteiger partial charge on any atom is 0.223 e. The molecule has 1 aliphatic carbocycles. The van der Waals surface area contributed by atoms with Crippen molar-refractivity contribution in [1.29, 1.82) is 0 Å². The van der Waals surface area contributed by atoms with Crippen LogP contribution >= 0.6 is 0 Å². The molecule has 0 unspecified atom stereocenters. The third-order valence-electron chi connectivity index (χ3n) is 6.51. The van der Waals surface area contributed by atoms with Crippen molar-refractivity contribution in [2.75, 3.05) is 13.1 Å². The first kappa shape index (κ1) is 18.4. The van der Waals surface area contributed by atoms with Crippen LogP contribution < -0.4 is 0 Å². The molecule has 3 heterocycles. The number of likely N-dealkylation sites (tertiary alicyclic amines) is 1. The van der Waals surface area contributed by atoms with Gasteiger partial charge in [-0.1, -0.05) is 25.7 Å². The van der Waals surface area contributed by atoms with Crippen molar-refractivity contribution in [2.24, 2.45) is 5.92 Å². The van der Waals surface area contributed by atoms with E-state index < -0.39 is 0 Å². The van der Waals surface area contributed by atoms with E-state index in [1.807, 2.05) is 16.0 Å². The van der Waals surface area contributed by atoms with Crippen LogP contribution in [0.5, 0.6) is 0 Å². The zero-order valence-corrected chi connectivity index (χ0v) is 16.3. The van der Waals surface area contributed by atoms with E-state index in [0.717, 1.165) is 55.2 Å². The predicted octanol–water partition coefficient (Wildman–Crippen LogP) is 3.02. The third kappa shape index (κ3) is 3.99. The molecular weight excluding hydrogens is 340 g/mol. The van der Waals surface area contributed by atoms with Crippen LogP contribution in [0.4, 0.5) is 0 Å². The molecule has 0 bridgehead atoms. The summed E-state index contributed by atoms with van der Waals surface area (Å²) in [5.74, 6) is 1.91. The SMILES string of the molecule is CC(=O)N1CCc2nc([C@@H]3CCCN3C(=O)CCC3CCCC3)ncc2C1. The molecule has 4 rings (SSSR count). The first-order valence-electron chi connectivity index (χ1n) is 10.5. The Hall–Kier alpha value is -1.98. The molecule has 6 nitrogen and oxygen atoms in total. The Balaban J connectivity index is 1.42. The fourth-order valence-corrected chi connectivity index (χ4v) is 4.86. The number of rotatable bonds is 4. The van der Waals surface area contributed by atoms with Gasteiger partial charge in [0.25, 0.3) is 0 Å². The number of carbonyl (C=O) groups excluding carboxylic acids is 2. The van der Waals surface area contributed by atoms with E-state index in [4.69, 9.17) is 4.98 Å². The van der Waals surface area contributed by atoms with Gasteiger partial charge in [0, 0.05) is 51.2 Å². The Morgan fingerprint density at radius 1 is 1.15 bits per heavy atom. The molecule has 2 aliphatic heterocycles. The van der Waals surface area contributed by atoms with Crippen LogP contribution in [0, 0.1) is 5.92 Å². The predicted molar refractivity (Wildman–Crippen MR) is 102 cm³/mol. The minimum absolute atomic E-state index is 0.0252. The highest BCUT2D eigenvalue weighted by Crippen LogP contribution is 2.33. The second-order valence-corrected chi connectivity index (χ2v) is 8.33. The summed E-state index contributed by atoms with van der Waals surface area (Å²) in [6, 6.07) is 0.0252. The lowest BCUT2D eigenvalue weighted by Gasteiger charge is -2.29. The van der Waals surface area contributed by atoms with E-state index in [2.05, 4.69) is 4.98 Å². The fraction of sp³-hybridized carbons (Fsp3) is 0.714. The van der Waals surface area contributed by atoms with E-state index in [9.17, 15) is 9.59 Å². The number of nitrogens with zero attached hydrogens (tertiary/aromatic N) is 4. The first-order valence-corrected chi connectivity index (χ1v) is 10.5. The molecule has 146 valence electrons. The van der Waals surface area contributed by atoms with Gasteiger partial charge in [0.15, 0.2) is 5.82 Å². The van der Waals surface area contributed by atoms with Crippen molar-refractivity contribution in [3.8, 4) is 0 Å². The summed E-state index contributed by atoms with van der Waals surface area (Å²) in [6.45, 7) is 3.74. The Morgan fingerprint density at radius 2 is 1.96 bits per heavy atom. The lowest BCUT2D eigenvalue weighted by molar-refractivity contribution is -0.132. The van der Waals surface area contributed by atoms with Crippen LogP contribution in [-0.4, -0.2) is 44.7 Å². The van der Waals surface area contributed by atoms with Crippen molar-refractivity contribution < 1.29 is 9.59 Å². The minimum Gasteiger partial charge on any atom is -0.338 e. The highest BCUT2D eigenvalue weighted by molar-refractivity contribution is 5.77. The van der Waals surface area contributed by atoms with Gasteiger partial charge in [-0.25, -0.2) is 9.97 Å². The summed E-state index contributed by atoms with van der Waals surface area (Å²) < 4.78 is 0. The van der Waals surface area contributed by atoms with E-state index in [-0.39, 0.29) is 17.9 Å². The van der Waals surface area contributed by atoms with Gasteiger partial charge in [0.1, 0.15) is 0 Å². The lowest BCUT2D eigenvalue weighted by Crippen LogP contribution is -2.36. The van der Waals surface area contributed by atoms with Crippen molar-refractivity contribution in [3.63, 3.8) is 0 Å². The number of aromatic nitrogens is 2. The van der Waals surface area contributed by atoms with Crippen LogP contribution in [0.15, 0.2) is 6.20 Å². The van der Waals surface area contributed by atoms with Crippen LogP contribution in [0.1, 0.15) is 81.4 Å². The number of carbonyl (C=O) groups is 2. The molecule has 0 radical (unpaired) electrons. The first-order chi connectivity index (χ1) is 13.1. The van der Waals surface area contributed by atoms with Crippen molar-refractivity contribution >= 4 is 11.8 Å². The van der Waals surface area contributed by atoms with Crippen molar-refractivity contribution in [1.82, 2.24) is 19.8 Å². The van der Waals surface area contributed by atoms with Gasteiger partial charge in [0.2, 0.25) is 11.8 Å². The number of hydrogen-bond acceptors (Lipinski definition) is 4. The lowest BCUT2D eigenvalue weighted by atomic mass is 10.0. The highest BCUT2D eigenvalue weighted by atomic mass is 16.2. The second kappa shape index (κ2) is 7.95. The zero-order chi connectivity index (χ0) is 18.8. The molecule has 1 atom stereocenters. The number of hydrogen-bond donors (Lipinski definition) is 0. The zero-order valence-electron chi connectivity index (χ0n) is 16.3. The molecule has 1 saturated carbocycles. The number of fused-ring (bicyclic) bond motifs is 1. The summed E-state index contributed by atoms with van der Waals surface area (Å²) in [6.07, 6.45) is 11.6. The van der Waals surface area contributed by atoms with E-state index in [1.54, 1.807) is 6.92 Å². The fourth-order valence-electron chi connectivity index (χ4n) is 4.86. The standard InChI is InChI=1S/C21H30N4O2/c1-15(26)24-12-10-18-17(14-24)13-22-21(23-18)19-7-4-11-25(19)20(27)9-8-16-5-2-3-6-16/h13,16,19H,2-12,14H2,1H3/t19-/m0/s1. The molecule has 2 amide bonds. The molecule has 0 aromatic carbocycles. The minimum atomic E-state index is 0.0252.